The molecule has 0 radical (unpaired) electrons. The molecule has 2 aromatic heterocycles. The van der Waals surface area contributed by atoms with Crippen LogP contribution in [0.5, 0.6) is 5.75 Å². The van der Waals surface area contributed by atoms with E-state index in [2.05, 4.69) is 19.8 Å². The average Bonchev–Trinajstić information content (AvgIpc) is 3.56. The number of halogens is 1. The number of anilines is 1. The van der Waals surface area contributed by atoms with E-state index in [0.29, 0.717) is 40.4 Å². The van der Waals surface area contributed by atoms with Crippen LogP contribution >= 0.6 is 11.6 Å². The van der Waals surface area contributed by atoms with Crippen molar-refractivity contribution in [3.05, 3.63) is 95.9 Å². The second-order valence-corrected chi connectivity index (χ2v) is 9.96. The standard InChI is InChI=1S/C25H20ClN5O4S/c1-34-21-10-12-22(13-11-21)36(32,33)30-20-8-2-17(3-9-20)14-31-15-23(27-16-31)25-28-24(29-35-25)18-4-6-19(26)7-5-18/h2-13,15-16,30H,14H2,1H3. The first-order valence-electron chi connectivity index (χ1n) is 10.8. The number of ether oxygens (including phenoxy) is 1. The van der Waals surface area contributed by atoms with Crippen LogP contribution in [0.15, 0.2) is 94.7 Å². The predicted molar refractivity (Wildman–Crippen MR) is 135 cm³/mol. The summed E-state index contributed by atoms with van der Waals surface area (Å²) in [4.78, 5) is 8.92. The smallest absolute Gasteiger partial charge is 0.278 e. The number of rotatable bonds is 8. The van der Waals surface area contributed by atoms with E-state index in [4.69, 9.17) is 20.9 Å². The molecule has 0 atom stereocenters. The van der Waals surface area contributed by atoms with Gasteiger partial charge >= 0.3 is 0 Å². The third-order valence-electron chi connectivity index (χ3n) is 5.32. The first-order chi connectivity index (χ1) is 17.4. The van der Waals surface area contributed by atoms with Crippen LogP contribution in [0.3, 0.4) is 0 Å². The van der Waals surface area contributed by atoms with E-state index < -0.39 is 10.0 Å². The van der Waals surface area contributed by atoms with Crippen LogP contribution in [0.4, 0.5) is 5.69 Å². The summed E-state index contributed by atoms with van der Waals surface area (Å²) in [7, 11) is -2.18. The van der Waals surface area contributed by atoms with Crippen LogP contribution < -0.4 is 9.46 Å². The maximum absolute atomic E-state index is 12.6. The second kappa shape index (κ2) is 9.84. The number of imidazole rings is 1. The Labute approximate surface area is 212 Å². The van der Waals surface area contributed by atoms with Crippen LogP contribution in [0.2, 0.25) is 5.02 Å². The molecule has 0 fully saturated rings. The Morgan fingerprint density at radius 3 is 2.42 bits per heavy atom. The molecule has 2 heterocycles. The van der Waals surface area contributed by atoms with E-state index in [1.165, 1.54) is 19.2 Å². The highest BCUT2D eigenvalue weighted by molar-refractivity contribution is 7.92. The summed E-state index contributed by atoms with van der Waals surface area (Å²) in [5.74, 6) is 1.34. The molecule has 0 spiro atoms. The molecule has 5 rings (SSSR count). The lowest BCUT2D eigenvalue weighted by Gasteiger charge is -2.10. The van der Waals surface area contributed by atoms with Gasteiger partial charge in [0.05, 0.1) is 18.3 Å². The average molecular weight is 522 g/mol. The van der Waals surface area contributed by atoms with Crippen molar-refractivity contribution >= 4 is 27.3 Å². The Hall–Kier alpha value is -4.15. The van der Waals surface area contributed by atoms with Crippen molar-refractivity contribution in [2.75, 3.05) is 11.8 Å². The lowest BCUT2D eigenvalue weighted by atomic mass is 10.2. The highest BCUT2D eigenvalue weighted by Crippen LogP contribution is 2.23. The first-order valence-corrected chi connectivity index (χ1v) is 12.6. The van der Waals surface area contributed by atoms with Gasteiger partial charge in [-0.2, -0.15) is 4.98 Å². The van der Waals surface area contributed by atoms with Gasteiger partial charge in [-0.05, 0) is 66.2 Å². The van der Waals surface area contributed by atoms with Gasteiger partial charge < -0.3 is 13.8 Å². The molecule has 36 heavy (non-hydrogen) atoms. The highest BCUT2D eigenvalue weighted by atomic mass is 35.5. The molecule has 1 N–H and O–H groups in total. The Balaban J connectivity index is 1.24. The van der Waals surface area contributed by atoms with E-state index >= 15 is 0 Å². The number of benzene rings is 3. The Bertz CT molecular complexity index is 1580. The summed E-state index contributed by atoms with van der Waals surface area (Å²) in [5.41, 5.74) is 2.75. The van der Waals surface area contributed by atoms with Gasteiger partial charge in [-0.3, -0.25) is 4.72 Å². The molecule has 5 aromatic rings. The number of nitrogens with one attached hydrogen (secondary N) is 1. The molecule has 11 heteroatoms. The number of hydrogen-bond donors (Lipinski definition) is 1. The van der Waals surface area contributed by atoms with Crippen LogP contribution in [0.25, 0.3) is 23.0 Å². The Morgan fingerprint density at radius 2 is 1.72 bits per heavy atom. The van der Waals surface area contributed by atoms with Crippen molar-refractivity contribution < 1.29 is 17.7 Å². The molecular weight excluding hydrogens is 502 g/mol. The van der Waals surface area contributed by atoms with E-state index in [1.54, 1.807) is 48.9 Å². The van der Waals surface area contributed by atoms with Crippen molar-refractivity contribution in [2.45, 2.75) is 11.4 Å². The zero-order valence-corrected chi connectivity index (χ0v) is 20.6. The molecule has 0 aliphatic carbocycles. The Kier molecular flexibility index (Phi) is 6.45. The van der Waals surface area contributed by atoms with Crippen molar-refractivity contribution in [1.82, 2.24) is 19.7 Å². The molecule has 0 bridgehead atoms. The van der Waals surface area contributed by atoms with E-state index in [9.17, 15) is 8.42 Å². The third kappa shape index (κ3) is 5.24. The van der Waals surface area contributed by atoms with Crippen LogP contribution in [-0.2, 0) is 16.6 Å². The van der Waals surface area contributed by atoms with Gasteiger partial charge in [-0.25, -0.2) is 13.4 Å². The van der Waals surface area contributed by atoms with Gasteiger partial charge in [-0.15, -0.1) is 0 Å². The highest BCUT2D eigenvalue weighted by Gasteiger charge is 2.15. The molecule has 0 saturated heterocycles. The summed E-state index contributed by atoms with van der Waals surface area (Å²) in [6.07, 6.45) is 3.47. The van der Waals surface area contributed by atoms with Crippen molar-refractivity contribution in [3.63, 3.8) is 0 Å². The Morgan fingerprint density at radius 1 is 1.00 bits per heavy atom. The summed E-state index contributed by atoms with van der Waals surface area (Å²) in [6.45, 7) is 0.524. The number of sulfonamides is 1. The summed E-state index contributed by atoms with van der Waals surface area (Å²) >= 11 is 5.93. The summed E-state index contributed by atoms with van der Waals surface area (Å²) in [5, 5.41) is 4.64. The van der Waals surface area contributed by atoms with Gasteiger partial charge in [0.2, 0.25) is 5.82 Å². The number of hydrogen-bond acceptors (Lipinski definition) is 7. The molecule has 9 nitrogen and oxygen atoms in total. The summed E-state index contributed by atoms with van der Waals surface area (Å²) in [6, 6.07) is 20.5. The quantitative estimate of drug-likeness (QED) is 0.302. The fourth-order valence-electron chi connectivity index (χ4n) is 3.46. The van der Waals surface area contributed by atoms with Gasteiger partial charge in [0.1, 0.15) is 11.4 Å². The van der Waals surface area contributed by atoms with E-state index in [1.807, 2.05) is 28.8 Å². The molecule has 0 aliphatic rings. The number of aromatic nitrogens is 4. The van der Waals surface area contributed by atoms with E-state index in [-0.39, 0.29) is 4.90 Å². The lowest BCUT2D eigenvalue weighted by Crippen LogP contribution is -2.12. The third-order valence-corrected chi connectivity index (χ3v) is 6.97. The van der Waals surface area contributed by atoms with Gasteiger partial charge in [0, 0.05) is 29.0 Å². The maximum atomic E-state index is 12.6. The van der Waals surface area contributed by atoms with Gasteiger partial charge in [-0.1, -0.05) is 28.9 Å². The monoisotopic (exact) mass is 521 g/mol. The maximum Gasteiger partial charge on any atom is 0.278 e. The van der Waals surface area contributed by atoms with E-state index in [0.717, 1.165) is 11.1 Å². The van der Waals surface area contributed by atoms with Crippen molar-refractivity contribution in [1.29, 1.82) is 0 Å². The topological polar surface area (TPSA) is 112 Å². The van der Waals surface area contributed by atoms with Crippen LogP contribution in [-0.4, -0.2) is 35.2 Å². The largest absolute Gasteiger partial charge is 0.497 e. The number of nitrogens with zero attached hydrogens (tertiary/aromatic N) is 4. The molecule has 0 unspecified atom stereocenters. The van der Waals surface area contributed by atoms with Crippen molar-refractivity contribution in [3.8, 4) is 28.7 Å². The first kappa shape index (κ1) is 23.6. The van der Waals surface area contributed by atoms with Crippen LogP contribution in [0.1, 0.15) is 5.56 Å². The molecular formula is C25H20ClN5O4S. The van der Waals surface area contributed by atoms with Gasteiger partial charge in [0.25, 0.3) is 15.9 Å². The number of methoxy groups -OCH3 is 1. The SMILES string of the molecule is COc1ccc(S(=O)(=O)Nc2ccc(Cn3cnc(-c4nc(-c5ccc(Cl)cc5)no4)c3)cc2)cc1. The minimum absolute atomic E-state index is 0.151. The molecule has 3 aromatic carbocycles. The molecule has 0 amide bonds. The molecule has 182 valence electrons. The van der Waals surface area contributed by atoms with Crippen LogP contribution in [0, 0.1) is 0 Å². The fraction of sp³-hybridized carbons (Fsp3) is 0.0800. The van der Waals surface area contributed by atoms with Gasteiger partial charge in [0.15, 0.2) is 0 Å². The lowest BCUT2D eigenvalue weighted by molar-refractivity contribution is 0.414. The minimum Gasteiger partial charge on any atom is -0.497 e. The zero-order valence-electron chi connectivity index (χ0n) is 19.0. The molecule has 0 saturated carbocycles. The fourth-order valence-corrected chi connectivity index (χ4v) is 4.64. The second-order valence-electron chi connectivity index (χ2n) is 7.84. The summed E-state index contributed by atoms with van der Waals surface area (Å²) < 4.78 is 40.2. The normalized spacial score (nSPS) is 11.4. The predicted octanol–water partition coefficient (Wildman–Crippen LogP) is 5.11. The zero-order chi connectivity index (χ0) is 25.1. The molecule has 0 aliphatic heterocycles. The van der Waals surface area contributed by atoms with Crippen molar-refractivity contribution in [2.24, 2.45) is 0 Å². The minimum atomic E-state index is -3.71.